The van der Waals surface area contributed by atoms with Gasteiger partial charge < -0.3 is 14.7 Å². The Bertz CT molecular complexity index is 791. The molecule has 31 heavy (non-hydrogen) atoms. The number of ether oxygens (including phenoxy) is 1. The van der Waals surface area contributed by atoms with Gasteiger partial charge in [0.15, 0.2) is 11.5 Å². The second-order valence-corrected chi connectivity index (χ2v) is 10.5. The highest BCUT2D eigenvalue weighted by molar-refractivity contribution is 5.78. The van der Waals surface area contributed by atoms with Crippen LogP contribution >= 0.6 is 0 Å². The number of fused-ring (bicyclic) bond motifs is 4. The van der Waals surface area contributed by atoms with Crippen LogP contribution in [0, 0.1) is 17.8 Å². The second-order valence-electron chi connectivity index (χ2n) is 10.5. The zero-order chi connectivity index (χ0) is 21.4. The molecule has 4 fully saturated rings. The first kappa shape index (κ1) is 21.1. The highest BCUT2D eigenvalue weighted by Crippen LogP contribution is 2.45. The van der Waals surface area contributed by atoms with Crippen molar-refractivity contribution in [3.63, 3.8) is 0 Å². The Morgan fingerprint density at radius 3 is 2.65 bits per heavy atom. The van der Waals surface area contributed by atoms with Crippen molar-refractivity contribution >= 4 is 5.91 Å². The lowest BCUT2D eigenvalue weighted by Gasteiger charge is -2.57. The molecule has 3 aliphatic heterocycles. The van der Waals surface area contributed by atoms with Gasteiger partial charge in [0.2, 0.25) is 5.91 Å². The van der Waals surface area contributed by atoms with Gasteiger partial charge in [-0.3, -0.25) is 9.69 Å². The molecule has 0 unspecified atom stereocenters. The highest BCUT2D eigenvalue weighted by Gasteiger charge is 2.49. The third-order valence-corrected chi connectivity index (χ3v) is 8.52. The Morgan fingerprint density at radius 2 is 1.87 bits per heavy atom. The first-order chi connectivity index (χ1) is 15.1. The zero-order valence-electron chi connectivity index (χ0n) is 19.0. The summed E-state index contributed by atoms with van der Waals surface area (Å²) in [6, 6.07) is 6.66. The monoisotopic (exact) mass is 426 g/mol. The van der Waals surface area contributed by atoms with E-state index in [4.69, 9.17) is 4.74 Å². The molecule has 4 aliphatic rings. The summed E-state index contributed by atoms with van der Waals surface area (Å²) in [4.78, 5) is 18.0. The van der Waals surface area contributed by atoms with E-state index in [1.807, 2.05) is 12.1 Å². The molecule has 3 heterocycles. The first-order valence-electron chi connectivity index (χ1n) is 12.5. The fourth-order valence-corrected chi connectivity index (χ4v) is 7.16. The SMILES string of the molecule is COc1ccc(CN2C[C@H]3C[C@@H](C2)[C@H](CC2CCCCC2)N2C(=O)CCC[C@@H]32)cc1O. The van der Waals surface area contributed by atoms with E-state index >= 15 is 0 Å². The largest absolute Gasteiger partial charge is 0.504 e. The number of carbonyl (C=O) groups is 1. The summed E-state index contributed by atoms with van der Waals surface area (Å²) >= 11 is 0. The van der Waals surface area contributed by atoms with Crippen LogP contribution in [0.4, 0.5) is 0 Å². The molecule has 1 aromatic carbocycles. The Kier molecular flexibility index (Phi) is 6.14. The van der Waals surface area contributed by atoms with Crippen molar-refractivity contribution in [2.75, 3.05) is 20.2 Å². The van der Waals surface area contributed by atoms with Gasteiger partial charge in [-0.15, -0.1) is 0 Å². The predicted octanol–water partition coefficient (Wildman–Crippen LogP) is 4.57. The molecular weight excluding hydrogens is 388 g/mol. The van der Waals surface area contributed by atoms with E-state index in [-0.39, 0.29) is 5.75 Å². The molecule has 5 rings (SSSR count). The molecule has 4 atom stereocenters. The molecule has 170 valence electrons. The lowest BCUT2D eigenvalue weighted by atomic mass is 9.69. The molecule has 3 saturated heterocycles. The molecule has 5 nitrogen and oxygen atoms in total. The summed E-state index contributed by atoms with van der Waals surface area (Å²) in [7, 11) is 1.59. The molecule has 0 radical (unpaired) electrons. The number of benzene rings is 1. The van der Waals surface area contributed by atoms with Crippen LogP contribution in [0.3, 0.4) is 0 Å². The second kappa shape index (κ2) is 9.01. The smallest absolute Gasteiger partial charge is 0.223 e. The minimum absolute atomic E-state index is 0.219. The topological polar surface area (TPSA) is 53.0 Å². The summed E-state index contributed by atoms with van der Waals surface area (Å²) in [5, 5.41) is 10.2. The number of aromatic hydroxyl groups is 1. The number of hydrogen-bond acceptors (Lipinski definition) is 4. The van der Waals surface area contributed by atoms with Crippen LogP contribution in [0.25, 0.3) is 0 Å². The molecule has 1 saturated carbocycles. The number of nitrogens with zero attached hydrogens (tertiary/aromatic N) is 2. The van der Waals surface area contributed by atoms with E-state index in [9.17, 15) is 9.90 Å². The number of phenols is 1. The third kappa shape index (κ3) is 4.30. The van der Waals surface area contributed by atoms with Gasteiger partial charge in [-0.1, -0.05) is 38.2 Å². The van der Waals surface area contributed by atoms with Crippen molar-refractivity contribution in [3.8, 4) is 11.5 Å². The maximum absolute atomic E-state index is 13.1. The average molecular weight is 427 g/mol. The Labute approximate surface area is 186 Å². The van der Waals surface area contributed by atoms with Crippen LogP contribution in [0.5, 0.6) is 11.5 Å². The van der Waals surface area contributed by atoms with Gasteiger partial charge in [0.1, 0.15) is 0 Å². The Balaban J connectivity index is 1.34. The lowest BCUT2D eigenvalue weighted by Crippen LogP contribution is -2.65. The Morgan fingerprint density at radius 1 is 1.06 bits per heavy atom. The molecule has 5 heteroatoms. The van der Waals surface area contributed by atoms with Gasteiger partial charge in [0.25, 0.3) is 0 Å². The number of hydrogen-bond donors (Lipinski definition) is 1. The van der Waals surface area contributed by atoms with Crippen LogP contribution in [-0.2, 0) is 11.3 Å². The average Bonchev–Trinajstić information content (AvgIpc) is 2.78. The third-order valence-electron chi connectivity index (χ3n) is 8.52. The van der Waals surface area contributed by atoms with Crippen molar-refractivity contribution in [1.29, 1.82) is 0 Å². The van der Waals surface area contributed by atoms with Gasteiger partial charge in [0.05, 0.1) is 7.11 Å². The molecule has 2 bridgehead atoms. The highest BCUT2D eigenvalue weighted by atomic mass is 16.5. The van der Waals surface area contributed by atoms with Crippen molar-refractivity contribution in [2.24, 2.45) is 17.8 Å². The standard InChI is InChI=1S/C26H38N2O3/c1-31-25-11-10-19(13-24(25)29)15-27-16-20-14-21(17-27)23(12-18-6-3-2-4-7-18)28-22(20)8-5-9-26(28)30/h10-11,13,18,20-23,29H,2-9,12,14-17H2,1H3/t20-,21+,22+,23+/m1/s1. The maximum atomic E-state index is 13.1. The van der Waals surface area contributed by atoms with Crippen LogP contribution in [0.2, 0.25) is 0 Å². The summed E-state index contributed by atoms with van der Waals surface area (Å²) in [5.41, 5.74) is 1.14. The summed E-state index contributed by atoms with van der Waals surface area (Å²) in [5.74, 6) is 3.17. The van der Waals surface area contributed by atoms with E-state index in [0.29, 0.717) is 35.6 Å². The van der Waals surface area contributed by atoms with Gasteiger partial charge >= 0.3 is 0 Å². The minimum atomic E-state index is 0.219. The molecule has 0 spiro atoms. The summed E-state index contributed by atoms with van der Waals surface area (Å²) in [6.07, 6.45) is 12.3. The fraction of sp³-hybridized carbons (Fsp3) is 0.731. The molecule has 0 aromatic heterocycles. The number of phenolic OH excluding ortho intramolecular Hbond substituents is 1. The number of piperidine rings is 3. The van der Waals surface area contributed by atoms with Gasteiger partial charge in [-0.05, 0) is 61.1 Å². The summed E-state index contributed by atoms with van der Waals surface area (Å²) in [6.45, 7) is 2.99. The molecule has 1 amide bonds. The van der Waals surface area contributed by atoms with Crippen molar-refractivity contribution in [1.82, 2.24) is 9.80 Å². The molecule has 1 N–H and O–H groups in total. The summed E-state index contributed by atoms with van der Waals surface area (Å²) < 4.78 is 5.20. The zero-order valence-corrected chi connectivity index (χ0v) is 19.0. The Hall–Kier alpha value is -1.75. The van der Waals surface area contributed by atoms with Crippen LogP contribution in [-0.4, -0.2) is 53.1 Å². The molecule has 1 aliphatic carbocycles. The van der Waals surface area contributed by atoms with Crippen LogP contribution < -0.4 is 4.74 Å². The molecule has 1 aromatic rings. The quantitative estimate of drug-likeness (QED) is 0.749. The van der Waals surface area contributed by atoms with E-state index in [1.165, 1.54) is 51.4 Å². The number of carbonyl (C=O) groups excluding carboxylic acids is 1. The van der Waals surface area contributed by atoms with Crippen LogP contribution in [0.1, 0.15) is 69.8 Å². The van der Waals surface area contributed by atoms with E-state index in [0.717, 1.165) is 44.0 Å². The maximum Gasteiger partial charge on any atom is 0.223 e. The van der Waals surface area contributed by atoms with Gasteiger partial charge in [-0.25, -0.2) is 0 Å². The first-order valence-corrected chi connectivity index (χ1v) is 12.5. The van der Waals surface area contributed by atoms with Crippen molar-refractivity contribution in [3.05, 3.63) is 23.8 Å². The van der Waals surface area contributed by atoms with Gasteiger partial charge in [-0.2, -0.15) is 0 Å². The van der Waals surface area contributed by atoms with E-state index < -0.39 is 0 Å². The van der Waals surface area contributed by atoms with Gasteiger partial charge in [0, 0.05) is 38.1 Å². The predicted molar refractivity (Wildman–Crippen MR) is 121 cm³/mol. The number of rotatable bonds is 5. The van der Waals surface area contributed by atoms with Crippen molar-refractivity contribution in [2.45, 2.75) is 82.8 Å². The number of methoxy groups -OCH3 is 1. The minimum Gasteiger partial charge on any atom is -0.504 e. The number of likely N-dealkylation sites (tertiary alicyclic amines) is 1. The number of amides is 1. The normalized spacial score (nSPS) is 32.0. The van der Waals surface area contributed by atoms with Crippen molar-refractivity contribution < 1.29 is 14.6 Å². The van der Waals surface area contributed by atoms with E-state index in [2.05, 4.69) is 15.9 Å². The van der Waals surface area contributed by atoms with E-state index in [1.54, 1.807) is 7.11 Å². The fourth-order valence-electron chi connectivity index (χ4n) is 7.16. The van der Waals surface area contributed by atoms with Crippen LogP contribution in [0.15, 0.2) is 18.2 Å². The molecular formula is C26H38N2O3. The lowest BCUT2D eigenvalue weighted by molar-refractivity contribution is -0.154.